The molecule has 1 N–H and O–H groups in total. The quantitative estimate of drug-likeness (QED) is 0.750. The first-order valence-corrected chi connectivity index (χ1v) is 6.37. The van der Waals surface area contributed by atoms with Crippen LogP contribution in [0.2, 0.25) is 0 Å². The van der Waals surface area contributed by atoms with E-state index in [0.29, 0.717) is 12.0 Å². The molecule has 16 heavy (non-hydrogen) atoms. The zero-order chi connectivity index (χ0) is 12.2. The van der Waals surface area contributed by atoms with Gasteiger partial charge in [0.2, 0.25) is 0 Å². The largest absolute Gasteiger partial charge is 0.468 e. The van der Waals surface area contributed by atoms with Gasteiger partial charge in [0.05, 0.1) is 7.11 Å². The summed E-state index contributed by atoms with van der Waals surface area (Å²) in [5.74, 6) is 0.296. The van der Waals surface area contributed by atoms with Gasteiger partial charge in [-0.1, -0.05) is 19.3 Å². The minimum absolute atomic E-state index is 0.118. The van der Waals surface area contributed by atoms with Crippen molar-refractivity contribution in [2.75, 3.05) is 7.11 Å². The summed E-state index contributed by atoms with van der Waals surface area (Å²) in [6.45, 7) is 6.14. The standard InChI is InChI=1S/C13H25NO2/c1-10(2)14-13(3,12(15)16-4)11-8-6-5-7-9-11/h10-11,14H,5-9H2,1-4H3. The van der Waals surface area contributed by atoms with Crippen LogP contribution in [0.25, 0.3) is 0 Å². The fourth-order valence-corrected chi connectivity index (χ4v) is 2.84. The van der Waals surface area contributed by atoms with E-state index in [1.54, 1.807) is 0 Å². The highest BCUT2D eigenvalue weighted by Crippen LogP contribution is 2.33. The maximum absolute atomic E-state index is 12.0. The first-order chi connectivity index (χ1) is 7.50. The van der Waals surface area contributed by atoms with Crippen molar-refractivity contribution in [3.63, 3.8) is 0 Å². The van der Waals surface area contributed by atoms with Gasteiger partial charge in [-0.2, -0.15) is 0 Å². The molecule has 1 unspecified atom stereocenters. The second-order valence-corrected chi connectivity index (χ2v) is 5.33. The predicted molar refractivity (Wildman–Crippen MR) is 65.3 cm³/mol. The van der Waals surface area contributed by atoms with E-state index < -0.39 is 5.54 Å². The van der Waals surface area contributed by atoms with Crippen LogP contribution < -0.4 is 5.32 Å². The Hall–Kier alpha value is -0.570. The van der Waals surface area contributed by atoms with E-state index in [2.05, 4.69) is 19.2 Å². The van der Waals surface area contributed by atoms with Crippen LogP contribution in [0.4, 0.5) is 0 Å². The molecular weight excluding hydrogens is 202 g/mol. The van der Waals surface area contributed by atoms with Crippen LogP contribution in [0, 0.1) is 5.92 Å². The fourth-order valence-electron chi connectivity index (χ4n) is 2.84. The maximum Gasteiger partial charge on any atom is 0.326 e. The monoisotopic (exact) mass is 227 g/mol. The van der Waals surface area contributed by atoms with Gasteiger partial charge in [-0.15, -0.1) is 0 Å². The number of methoxy groups -OCH3 is 1. The van der Waals surface area contributed by atoms with E-state index >= 15 is 0 Å². The molecule has 3 nitrogen and oxygen atoms in total. The van der Waals surface area contributed by atoms with Gasteiger partial charge in [0.15, 0.2) is 0 Å². The molecule has 0 saturated heterocycles. The lowest BCUT2D eigenvalue weighted by Crippen LogP contribution is -2.58. The zero-order valence-corrected chi connectivity index (χ0v) is 11.0. The lowest BCUT2D eigenvalue weighted by atomic mass is 9.75. The van der Waals surface area contributed by atoms with E-state index in [-0.39, 0.29) is 5.97 Å². The molecule has 0 heterocycles. The molecule has 0 aromatic heterocycles. The van der Waals surface area contributed by atoms with Crippen molar-refractivity contribution in [1.82, 2.24) is 5.32 Å². The number of carbonyl (C=O) groups excluding carboxylic acids is 1. The highest BCUT2D eigenvalue weighted by Gasteiger charge is 2.42. The minimum atomic E-state index is -0.511. The molecule has 0 aromatic carbocycles. The first kappa shape index (κ1) is 13.5. The van der Waals surface area contributed by atoms with Gasteiger partial charge in [-0.25, -0.2) is 0 Å². The molecule has 0 radical (unpaired) electrons. The molecule has 94 valence electrons. The highest BCUT2D eigenvalue weighted by molar-refractivity contribution is 5.80. The topological polar surface area (TPSA) is 38.3 Å². The number of rotatable bonds is 4. The third kappa shape index (κ3) is 2.97. The van der Waals surface area contributed by atoms with Crippen molar-refractivity contribution in [2.45, 2.75) is 64.5 Å². The molecule has 0 bridgehead atoms. The molecule has 1 rings (SSSR count). The Labute approximate surface area is 98.9 Å². The average Bonchev–Trinajstić information content (AvgIpc) is 2.28. The van der Waals surface area contributed by atoms with Crippen molar-refractivity contribution in [2.24, 2.45) is 5.92 Å². The Morgan fingerprint density at radius 3 is 2.31 bits per heavy atom. The smallest absolute Gasteiger partial charge is 0.326 e. The molecule has 1 saturated carbocycles. The second-order valence-electron chi connectivity index (χ2n) is 5.33. The van der Waals surface area contributed by atoms with Gasteiger partial charge >= 0.3 is 5.97 Å². The first-order valence-electron chi connectivity index (χ1n) is 6.37. The molecule has 1 aliphatic rings. The number of hydrogen-bond donors (Lipinski definition) is 1. The molecule has 0 spiro atoms. The van der Waals surface area contributed by atoms with Crippen molar-refractivity contribution >= 4 is 5.97 Å². The van der Waals surface area contributed by atoms with E-state index in [4.69, 9.17) is 4.74 Å². The van der Waals surface area contributed by atoms with Gasteiger partial charge in [0.25, 0.3) is 0 Å². The SMILES string of the molecule is COC(=O)C(C)(NC(C)C)C1CCCCC1. The van der Waals surface area contributed by atoms with Crippen LogP contribution in [-0.4, -0.2) is 24.7 Å². The lowest BCUT2D eigenvalue weighted by molar-refractivity contribution is -0.151. The third-order valence-electron chi connectivity index (χ3n) is 3.62. The number of nitrogens with one attached hydrogen (secondary N) is 1. The summed E-state index contributed by atoms with van der Waals surface area (Å²) in [5.41, 5.74) is -0.511. The number of hydrogen-bond acceptors (Lipinski definition) is 3. The Kier molecular flexibility index (Phi) is 4.78. The second kappa shape index (κ2) is 5.67. The number of ether oxygens (including phenoxy) is 1. The molecule has 0 aliphatic heterocycles. The van der Waals surface area contributed by atoms with Crippen molar-refractivity contribution in [3.05, 3.63) is 0 Å². The maximum atomic E-state index is 12.0. The van der Waals surface area contributed by atoms with Crippen LogP contribution in [0.5, 0.6) is 0 Å². The molecule has 1 fully saturated rings. The van der Waals surface area contributed by atoms with Gasteiger partial charge in [-0.3, -0.25) is 10.1 Å². The Morgan fingerprint density at radius 2 is 1.88 bits per heavy atom. The van der Waals surface area contributed by atoms with E-state index in [1.807, 2.05) is 6.92 Å². The van der Waals surface area contributed by atoms with Crippen LogP contribution in [0.1, 0.15) is 52.9 Å². The Morgan fingerprint density at radius 1 is 1.31 bits per heavy atom. The molecule has 0 aromatic rings. The summed E-state index contributed by atoms with van der Waals surface area (Å²) >= 11 is 0. The Bertz CT molecular complexity index is 234. The zero-order valence-electron chi connectivity index (χ0n) is 11.0. The van der Waals surface area contributed by atoms with Crippen LogP contribution in [0.15, 0.2) is 0 Å². The summed E-state index contributed by atoms with van der Waals surface area (Å²) in [6.07, 6.45) is 6.03. The predicted octanol–water partition coefficient (Wildman–Crippen LogP) is 2.50. The minimum Gasteiger partial charge on any atom is -0.468 e. The summed E-state index contributed by atoms with van der Waals surface area (Å²) in [4.78, 5) is 12.0. The van der Waals surface area contributed by atoms with E-state index in [9.17, 15) is 4.79 Å². The van der Waals surface area contributed by atoms with Crippen molar-refractivity contribution in [3.8, 4) is 0 Å². The van der Waals surface area contributed by atoms with E-state index in [0.717, 1.165) is 12.8 Å². The molecule has 1 aliphatic carbocycles. The summed E-state index contributed by atoms with van der Waals surface area (Å²) in [7, 11) is 1.48. The van der Waals surface area contributed by atoms with Crippen LogP contribution >= 0.6 is 0 Å². The summed E-state index contributed by atoms with van der Waals surface area (Å²) < 4.78 is 4.97. The normalized spacial score (nSPS) is 21.8. The number of esters is 1. The van der Waals surface area contributed by atoms with E-state index in [1.165, 1.54) is 26.4 Å². The average molecular weight is 227 g/mol. The van der Waals surface area contributed by atoms with Gasteiger partial charge in [-0.05, 0) is 39.5 Å². The molecule has 3 heteroatoms. The van der Waals surface area contributed by atoms with Crippen molar-refractivity contribution < 1.29 is 9.53 Å². The van der Waals surface area contributed by atoms with Gasteiger partial charge < -0.3 is 4.74 Å². The van der Waals surface area contributed by atoms with Crippen molar-refractivity contribution in [1.29, 1.82) is 0 Å². The van der Waals surface area contributed by atoms with Gasteiger partial charge in [0.1, 0.15) is 5.54 Å². The van der Waals surface area contributed by atoms with Crippen LogP contribution in [0.3, 0.4) is 0 Å². The number of carbonyl (C=O) groups is 1. The van der Waals surface area contributed by atoms with Crippen LogP contribution in [-0.2, 0) is 9.53 Å². The highest BCUT2D eigenvalue weighted by atomic mass is 16.5. The molecular formula is C13H25NO2. The lowest BCUT2D eigenvalue weighted by Gasteiger charge is -2.39. The summed E-state index contributed by atoms with van der Waals surface area (Å²) in [6, 6.07) is 0.297. The molecule has 0 amide bonds. The van der Waals surface area contributed by atoms with Gasteiger partial charge in [0, 0.05) is 6.04 Å². The Balaban J connectivity index is 2.79. The third-order valence-corrected chi connectivity index (χ3v) is 3.62. The summed E-state index contributed by atoms with van der Waals surface area (Å²) in [5, 5.41) is 3.40. The fraction of sp³-hybridized carbons (Fsp3) is 0.923. The molecule has 1 atom stereocenters.